The van der Waals surface area contributed by atoms with Crippen molar-refractivity contribution in [2.75, 3.05) is 13.2 Å². The summed E-state index contributed by atoms with van der Waals surface area (Å²) in [6.07, 6.45) is 0. The van der Waals surface area contributed by atoms with Crippen molar-refractivity contribution in [1.29, 1.82) is 0 Å². The van der Waals surface area contributed by atoms with Crippen LogP contribution in [0.1, 0.15) is 13.8 Å². The topological polar surface area (TPSA) is 21.3 Å². The van der Waals surface area contributed by atoms with Crippen LogP contribution < -0.4 is 5.32 Å². The Morgan fingerprint density at radius 3 is 2.30 bits per heavy atom. The van der Waals surface area contributed by atoms with Gasteiger partial charge in [-0.1, -0.05) is 0 Å². The van der Waals surface area contributed by atoms with Gasteiger partial charge in [-0.05, 0) is 13.8 Å². The van der Waals surface area contributed by atoms with Crippen LogP contribution in [0, 0.1) is 0 Å². The molecule has 0 aliphatic carbocycles. The van der Waals surface area contributed by atoms with Crippen molar-refractivity contribution in [2.45, 2.75) is 25.5 Å². The zero-order chi connectivity index (χ0) is 7.83. The van der Waals surface area contributed by atoms with Gasteiger partial charge in [-0.15, -0.1) is 0 Å². The minimum absolute atomic E-state index is 0.292. The molecule has 0 aromatic rings. The first-order valence-electron chi connectivity index (χ1n) is 3.18. The average Bonchev–Trinajstić information content (AvgIpc) is 1.79. The van der Waals surface area contributed by atoms with E-state index < -0.39 is 18.3 Å². The highest BCUT2D eigenvalue weighted by molar-refractivity contribution is 4.80. The van der Waals surface area contributed by atoms with Gasteiger partial charge >= 0.3 is 0 Å². The van der Waals surface area contributed by atoms with Gasteiger partial charge in [0.25, 0.3) is 5.92 Å². The molecule has 10 heavy (non-hydrogen) atoms. The zero-order valence-electron chi connectivity index (χ0n) is 6.08. The van der Waals surface area contributed by atoms with E-state index in [0.717, 1.165) is 0 Å². The fourth-order valence-corrected chi connectivity index (χ4v) is 0.730. The summed E-state index contributed by atoms with van der Waals surface area (Å²) in [5.74, 6) is -2.70. The second kappa shape index (κ2) is 2.13. The molecule has 1 saturated heterocycles. The Kier molecular flexibility index (Phi) is 1.68. The van der Waals surface area contributed by atoms with Gasteiger partial charge in [0.15, 0.2) is 0 Å². The lowest BCUT2D eigenvalue weighted by Crippen LogP contribution is -2.55. The molecule has 1 rings (SSSR count). The standard InChI is InChI=1S/C6H11F2NO/c1-5(2)9-3-6(7,8)4-10-5/h9H,3-4H2,1-2H3. The van der Waals surface area contributed by atoms with Crippen LogP contribution in [0.4, 0.5) is 8.78 Å². The third-order valence-corrected chi connectivity index (χ3v) is 1.42. The summed E-state index contributed by atoms with van der Waals surface area (Å²) in [7, 11) is 0. The predicted octanol–water partition coefficient (Wildman–Crippen LogP) is 0.978. The summed E-state index contributed by atoms with van der Waals surface area (Å²) in [6.45, 7) is 2.68. The molecular weight excluding hydrogens is 140 g/mol. The monoisotopic (exact) mass is 151 g/mol. The van der Waals surface area contributed by atoms with E-state index in [1.54, 1.807) is 13.8 Å². The number of alkyl halides is 2. The lowest BCUT2D eigenvalue weighted by Gasteiger charge is -2.35. The van der Waals surface area contributed by atoms with Crippen LogP contribution in [0.25, 0.3) is 0 Å². The Morgan fingerprint density at radius 2 is 2.00 bits per heavy atom. The van der Waals surface area contributed by atoms with E-state index in [4.69, 9.17) is 4.74 Å². The normalized spacial score (nSPS) is 30.0. The van der Waals surface area contributed by atoms with Gasteiger partial charge in [-0.25, -0.2) is 8.78 Å². The molecule has 0 unspecified atom stereocenters. The molecule has 4 heteroatoms. The molecule has 1 fully saturated rings. The van der Waals surface area contributed by atoms with Gasteiger partial charge < -0.3 is 4.74 Å². The number of halogens is 2. The van der Waals surface area contributed by atoms with Crippen LogP contribution in [0.15, 0.2) is 0 Å². The van der Waals surface area contributed by atoms with Crippen molar-refractivity contribution in [1.82, 2.24) is 5.32 Å². The fraction of sp³-hybridized carbons (Fsp3) is 1.00. The summed E-state index contributed by atoms with van der Waals surface area (Å²) in [4.78, 5) is 0. The lowest BCUT2D eigenvalue weighted by atomic mass is 10.2. The van der Waals surface area contributed by atoms with Crippen molar-refractivity contribution in [3.63, 3.8) is 0 Å². The molecule has 0 aromatic carbocycles. The molecule has 2 nitrogen and oxygen atoms in total. The summed E-state index contributed by atoms with van der Waals surface area (Å²) in [6, 6.07) is 0. The molecule has 60 valence electrons. The maximum atomic E-state index is 12.4. The largest absolute Gasteiger partial charge is 0.355 e. The van der Waals surface area contributed by atoms with Crippen molar-refractivity contribution in [3.8, 4) is 0 Å². The highest BCUT2D eigenvalue weighted by Crippen LogP contribution is 2.21. The summed E-state index contributed by atoms with van der Waals surface area (Å²) < 4.78 is 29.5. The molecule has 0 saturated carbocycles. The molecule has 1 aliphatic heterocycles. The van der Waals surface area contributed by atoms with Crippen LogP contribution >= 0.6 is 0 Å². The molecule has 0 aromatic heterocycles. The molecule has 0 atom stereocenters. The van der Waals surface area contributed by atoms with E-state index in [9.17, 15) is 8.78 Å². The maximum Gasteiger partial charge on any atom is 0.283 e. The third-order valence-electron chi connectivity index (χ3n) is 1.42. The number of ether oxygens (including phenoxy) is 1. The van der Waals surface area contributed by atoms with E-state index in [1.807, 2.05) is 0 Å². The molecule has 0 spiro atoms. The van der Waals surface area contributed by atoms with Crippen LogP contribution in [0.2, 0.25) is 0 Å². The van der Waals surface area contributed by atoms with Crippen LogP contribution in [0.5, 0.6) is 0 Å². The molecular formula is C6H11F2NO. The van der Waals surface area contributed by atoms with Crippen molar-refractivity contribution in [3.05, 3.63) is 0 Å². The SMILES string of the molecule is CC1(C)NCC(F)(F)CO1. The van der Waals surface area contributed by atoms with E-state index in [0.29, 0.717) is 0 Å². The van der Waals surface area contributed by atoms with Gasteiger partial charge in [-0.2, -0.15) is 0 Å². The Morgan fingerprint density at radius 1 is 1.40 bits per heavy atom. The third kappa shape index (κ3) is 1.88. The molecule has 0 bridgehead atoms. The summed E-state index contributed by atoms with van der Waals surface area (Å²) >= 11 is 0. The number of hydrogen-bond donors (Lipinski definition) is 1. The minimum atomic E-state index is -2.70. The van der Waals surface area contributed by atoms with Crippen LogP contribution in [-0.2, 0) is 4.74 Å². The lowest BCUT2D eigenvalue weighted by molar-refractivity contribution is -0.179. The first-order chi connectivity index (χ1) is 4.41. The maximum absolute atomic E-state index is 12.4. The predicted molar refractivity (Wildman–Crippen MR) is 33.0 cm³/mol. The number of rotatable bonds is 0. The van der Waals surface area contributed by atoms with E-state index in [-0.39, 0.29) is 6.54 Å². The second-order valence-electron chi connectivity index (χ2n) is 3.01. The van der Waals surface area contributed by atoms with Crippen molar-refractivity contribution in [2.24, 2.45) is 0 Å². The van der Waals surface area contributed by atoms with Crippen LogP contribution in [-0.4, -0.2) is 24.8 Å². The van der Waals surface area contributed by atoms with Crippen LogP contribution in [0.3, 0.4) is 0 Å². The molecule has 1 N–H and O–H groups in total. The molecule has 1 heterocycles. The average molecular weight is 151 g/mol. The Balaban J connectivity index is 2.46. The first-order valence-corrected chi connectivity index (χ1v) is 3.18. The van der Waals surface area contributed by atoms with E-state index in [2.05, 4.69) is 5.32 Å². The quantitative estimate of drug-likeness (QED) is 0.557. The zero-order valence-corrected chi connectivity index (χ0v) is 6.08. The van der Waals surface area contributed by atoms with Gasteiger partial charge in [0.1, 0.15) is 12.3 Å². The number of hydrogen-bond acceptors (Lipinski definition) is 2. The van der Waals surface area contributed by atoms with Gasteiger partial charge in [-0.3, -0.25) is 5.32 Å². The Bertz CT molecular complexity index is 108. The molecule has 0 amide bonds. The Hall–Kier alpha value is -0.220. The summed E-state index contributed by atoms with van der Waals surface area (Å²) in [5, 5.41) is 2.58. The highest BCUT2D eigenvalue weighted by Gasteiger charge is 2.38. The highest BCUT2D eigenvalue weighted by atomic mass is 19.3. The smallest absolute Gasteiger partial charge is 0.283 e. The Labute approximate surface area is 58.6 Å². The summed E-state index contributed by atoms with van der Waals surface area (Å²) in [5.41, 5.74) is -0.596. The molecule has 1 aliphatic rings. The van der Waals surface area contributed by atoms with Gasteiger partial charge in [0.05, 0.1) is 6.54 Å². The van der Waals surface area contributed by atoms with Gasteiger partial charge in [0, 0.05) is 0 Å². The molecule has 0 radical (unpaired) electrons. The first kappa shape index (κ1) is 7.88. The van der Waals surface area contributed by atoms with Crippen molar-refractivity contribution < 1.29 is 13.5 Å². The van der Waals surface area contributed by atoms with E-state index in [1.165, 1.54) is 0 Å². The fourth-order valence-electron chi connectivity index (χ4n) is 0.730. The number of nitrogens with one attached hydrogen (secondary N) is 1. The van der Waals surface area contributed by atoms with Crippen molar-refractivity contribution >= 4 is 0 Å². The van der Waals surface area contributed by atoms with Gasteiger partial charge in [0.2, 0.25) is 0 Å². The van der Waals surface area contributed by atoms with E-state index >= 15 is 0 Å². The minimum Gasteiger partial charge on any atom is -0.355 e. The second-order valence-corrected chi connectivity index (χ2v) is 3.01.